The Labute approximate surface area is 144 Å². The van der Waals surface area contributed by atoms with Gasteiger partial charge in [0.05, 0.1) is 23.1 Å². The van der Waals surface area contributed by atoms with Gasteiger partial charge < -0.3 is 11.1 Å². The average molecular weight is 337 g/mol. The van der Waals surface area contributed by atoms with Gasteiger partial charge in [0.1, 0.15) is 11.6 Å². The number of aromatic nitrogens is 2. The predicted octanol–water partition coefficient (Wildman–Crippen LogP) is 0.898. The number of anilines is 1. The molecule has 0 amide bonds. The maximum atomic E-state index is 12.8. The highest BCUT2D eigenvalue weighted by Crippen LogP contribution is 2.37. The number of fused-ring (bicyclic) bond motifs is 1. The van der Waals surface area contributed by atoms with Crippen LogP contribution in [0.5, 0.6) is 0 Å². The van der Waals surface area contributed by atoms with Crippen LogP contribution in [0.25, 0.3) is 0 Å². The molecule has 7 nitrogen and oxygen atoms in total. The number of hydrogen-bond donors (Lipinski definition) is 2. The molecule has 0 fully saturated rings. The average Bonchev–Trinajstić information content (AvgIpc) is 2.63. The number of rotatable bonds is 2. The van der Waals surface area contributed by atoms with Crippen LogP contribution in [-0.2, 0) is 20.5 Å². The minimum atomic E-state index is -0.613. The molecule has 0 saturated carbocycles. The third-order valence-electron chi connectivity index (χ3n) is 4.66. The van der Waals surface area contributed by atoms with E-state index >= 15 is 0 Å². The first-order valence-electron chi connectivity index (χ1n) is 7.96. The molecule has 0 spiro atoms. The highest BCUT2D eigenvalue weighted by Gasteiger charge is 2.33. The molecule has 25 heavy (non-hydrogen) atoms. The second-order valence-corrected chi connectivity index (χ2v) is 6.06. The molecule has 0 radical (unpaired) electrons. The van der Waals surface area contributed by atoms with Crippen molar-refractivity contribution in [3.8, 4) is 6.07 Å². The number of nitriles is 1. The molecule has 2 heterocycles. The largest absolute Gasteiger partial charge is 0.384 e. The standard InChI is InChI=1S/C18H19N5O2/c1-4-10-5-7-11(8-6-10)13-12(9-19)15(20)21-16-14(13)17(24)23(3)18(25)22(16)2/h5-8,13,21H,4,20H2,1-3H3/t13-/m0/s1. The molecule has 3 N–H and O–H groups in total. The normalized spacial score (nSPS) is 16.2. The van der Waals surface area contributed by atoms with Crippen LogP contribution in [0.3, 0.4) is 0 Å². The summed E-state index contributed by atoms with van der Waals surface area (Å²) in [4.78, 5) is 25.0. The zero-order valence-electron chi connectivity index (χ0n) is 14.3. The summed E-state index contributed by atoms with van der Waals surface area (Å²) >= 11 is 0. The number of nitrogens with two attached hydrogens (primary N) is 1. The fourth-order valence-electron chi connectivity index (χ4n) is 3.18. The number of hydrogen-bond acceptors (Lipinski definition) is 5. The van der Waals surface area contributed by atoms with E-state index in [1.165, 1.54) is 11.6 Å². The van der Waals surface area contributed by atoms with Gasteiger partial charge in [-0.25, -0.2) is 4.79 Å². The summed E-state index contributed by atoms with van der Waals surface area (Å²) in [6.45, 7) is 2.05. The van der Waals surface area contributed by atoms with Gasteiger partial charge in [0.2, 0.25) is 0 Å². The summed E-state index contributed by atoms with van der Waals surface area (Å²) in [5, 5.41) is 12.4. The Bertz CT molecular complexity index is 1040. The van der Waals surface area contributed by atoms with Crippen molar-refractivity contribution >= 4 is 5.82 Å². The molecule has 1 aromatic carbocycles. The molecule has 128 valence electrons. The lowest BCUT2D eigenvalue weighted by molar-refractivity contribution is 0.664. The molecule has 1 aliphatic rings. The van der Waals surface area contributed by atoms with Gasteiger partial charge in [-0.1, -0.05) is 31.2 Å². The lowest BCUT2D eigenvalue weighted by Gasteiger charge is -2.28. The van der Waals surface area contributed by atoms with Crippen LogP contribution in [0.2, 0.25) is 0 Å². The van der Waals surface area contributed by atoms with Crippen LogP contribution in [0.15, 0.2) is 45.2 Å². The van der Waals surface area contributed by atoms with Gasteiger partial charge in [-0.05, 0) is 17.5 Å². The van der Waals surface area contributed by atoms with Gasteiger partial charge in [0, 0.05) is 14.1 Å². The number of nitrogens with zero attached hydrogens (tertiary/aromatic N) is 3. The third-order valence-corrected chi connectivity index (χ3v) is 4.66. The van der Waals surface area contributed by atoms with Crippen LogP contribution >= 0.6 is 0 Å². The Morgan fingerprint density at radius 2 is 1.84 bits per heavy atom. The van der Waals surface area contributed by atoms with E-state index in [1.807, 2.05) is 24.3 Å². The van der Waals surface area contributed by atoms with Crippen molar-refractivity contribution in [3.63, 3.8) is 0 Å². The minimum absolute atomic E-state index is 0.155. The van der Waals surface area contributed by atoms with E-state index in [0.717, 1.165) is 22.1 Å². The summed E-state index contributed by atoms with van der Waals surface area (Å²) < 4.78 is 2.38. The number of allylic oxidation sites excluding steroid dienone is 1. The summed E-state index contributed by atoms with van der Waals surface area (Å²) in [6.07, 6.45) is 0.891. The maximum Gasteiger partial charge on any atom is 0.332 e. The predicted molar refractivity (Wildman–Crippen MR) is 95.0 cm³/mol. The Hall–Kier alpha value is -3.27. The molecular weight excluding hydrogens is 318 g/mol. The lowest BCUT2D eigenvalue weighted by Crippen LogP contribution is -2.43. The molecule has 0 unspecified atom stereocenters. The van der Waals surface area contributed by atoms with Crippen molar-refractivity contribution in [1.29, 1.82) is 5.26 Å². The summed E-state index contributed by atoms with van der Waals surface area (Å²) in [7, 11) is 2.99. The van der Waals surface area contributed by atoms with Crippen molar-refractivity contribution in [3.05, 3.63) is 73.2 Å². The molecule has 1 atom stereocenters. The van der Waals surface area contributed by atoms with Crippen LogP contribution in [0, 0.1) is 11.3 Å². The highest BCUT2D eigenvalue weighted by atomic mass is 16.2. The first-order valence-corrected chi connectivity index (χ1v) is 7.96. The van der Waals surface area contributed by atoms with Crippen molar-refractivity contribution < 1.29 is 0 Å². The van der Waals surface area contributed by atoms with E-state index in [9.17, 15) is 14.9 Å². The maximum absolute atomic E-state index is 12.8. The SMILES string of the molecule is CCc1ccc([C@H]2C(C#N)=C(N)Nc3c2c(=O)n(C)c(=O)n3C)cc1. The van der Waals surface area contributed by atoms with Crippen LogP contribution in [0.4, 0.5) is 5.82 Å². The Balaban J connectivity index is 2.36. The first kappa shape index (κ1) is 16.6. The lowest BCUT2D eigenvalue weighted by atomic mass is 9.83. The molecule has 0 saturated heterocycles. The van der Waals surface area contributed by atoms with Gasteiger partial charge in [-0.2, -0.15) is 5.26 Å². The van der Waals surface area contributed by atoms with E-state index in [4.69, 9.17) is 5.73 Å². The van der Waals surface area contributed by atoms with Gasteiger partial charge in [-0.3, -0.25) is 13.9 Å². The number of aryl methyl sites for hydroxylation is 1. The fourth-order valence-corrected chi connectivity index (χ4v) is 3.18. The van der Waals surface area contributed by atoms with Crippen LogP contribution in [-0.4, -0.2) is 9.13 Å². The molecule has 0 bridgehead atoms. The van der Waals surface area contributed by atoms with Crippen LogP contribution < -0.4 is 22.3 Å². The summed E-state index contributed by atoms with van der Waals surface area (Å²) in [6, 6.07) is 9.84. The monoisotopic (exact) mass is 337 g/mol. The smallest absolute Gasteiger partial charge is 0.332 e. The van der Waals surface area contributed by atoms with E-state index in [2.05, 4.69) is 18.3 Å². The summed E-state index contributed by atoms with van der Waals surface area (Å²) in [5.41, 5.74) is 7.69. The molecular formula is C18H19N5O2. The molecule has 1 aromatic heterocycles. The summed E-state index contributed by atoms with van der Waals surface area (Å²) in [5.74, 6) is -0.130. The first-order chi connectivity index (χ1) is 11.9. The second-order valence-electron chi connectivity index (χ2n) is 6.06. The third kappa shape index (κ3) is 2.43. The van der Waals surface area contributed by atoms with Crippen LogP contribution in [0.1, 0.15) is 29.5 Å². The Kier molecular flexibility index (Phi) is 3.97. The zero-order chi connectivity index (χ0) is 18.3. The van der Waals surface area contributed by atoms with E-state index in [0.29, 0.717) is 11.4 Å². The Morgan fingerprint density at radius 1 is 1.20 bits per heavy atom. The van der Waals surface area contributed by atoms with Crippen molar-refractivity contribution in [2.24, 2.45) is 19.8 Å². The minimum Gasteiger partial charge on any atom is -0.384 e. The van der Waals surface area contributed by atoms with E-state index < -0.39 is 17.2 Å². The molecule has 2 aromatic rings. The molecule has 3 rings (SSSR count). The van der Waals surface area contributed by atoms with Gasteiger partial charge in [0.15, 0.2) is 0 Å². The van der Waals surface area contributed by atoms with Gasteiger partial charge in [0.25, 0.3) is 5.56 Å². The number of benzene rings is 1. The van der Waals surface area contributed by atoms with Gasteiger partial charge >= 0.3 is 5.69 Å². The topological polar surface area (TPSA) is 106 Å². The van der Waals surface area contributed by atoms with Crippen molar-refractivity contribution in [1.82, 2.24) is 9.13 Å². The van der Waals surface area contributed by atoms with Crippen molar-refractivity contribution in [2.75, 3.05) is 5.32 Å². The molecule has 1 aliphatic heterocycles. The number of nitrogens with one attached hydrogen (secondary N) is 1. The molecule has 7 heteroatoms. The van der Waals surface area contributed by atoms with Gasteiger partial charge in [-0.15, -0.1) is 0 Å². The Morgan fingerprint density at radius 3 is 2.40 bits per heavy atom. The van der Waals surface area contributed by atoms with E-state index in [1.54, 1.807) is 7.05 Å². The fraction of sp³-hybridized carbons (Fsp3) is 0.278. The zero-order valence-corrected chi connectivity index (χ0v) is 14.3. The quantitative estimate of drug-likeness (QED) is 0.847. The second kappa shape index (κ2) is 5.98. The van der Waals surface area contributed by atoms with E-state index in [-0.39, 0.29) is 11.4 Å². The molecule has 0 aliphatic carbocycles. The highest BCUT2D eigenvalue weighted by molar-refractivity contribution is 5.64. The van der Waals surface area contributed by atoms with Crippen molar-refractivity contribution in [2.45, 2.75) is 19.3 Å².